The second-order valence-electron chi connectivity index (χ2n) is 5.38. The molecule has 6 nitrogen and oxygen atoms in total. The topological polar surface area (TPSA) is 61.9 Å². The van der Waals surface area contributed by atoms with Gasteiger partial charge in [-0.05, 0) is 26.2 Å². The highest BCUT2D eigenvalue weighted by Gasteiger charge is 2.32. The van der Waals surface area contributed by atoms with E-state index in [1.165, 1.54) is 6.42 Å². The van der Waals surface area contributed by atoms with E-state index < -0.39 is 0 Å². The third-order valence-electron chi connectivity index (χ3n) is 3.96. The summed E-state index contributed by atoms with van der Waals surface area (Å²) in [4.78, 5) is 28.1. The molecule has 2 aliphatic rings. The van der Waals surface area contributed by atoms with Crippen LogP contribution >= 0.6 is 0 Å². The fourth-order valence-electron chi connectivity index (χ4n) is 2.82. The van der Waals surface area contributed by atoms with Crippen LogP contribution in [0.25, 0.3) is 0 Å². The SMILES string of the molecule is CCOC(=O)C1CNCCN1CC(=O)N1CCCCC1. The summed E-state index contributed by atoms with van der Waals surface area (Å²) in [6, 6.07) is -0.336. The Hall–Kier alpha value is -1.14. The van der Waals surface area contributed by atoms with Crippen LogP contribution in [0.15, 0.2) is 0 Å². The van der Waals surface area contributed by atoms with Crippen molar-refractivity contribution in [2.75, 3.05) is 45.9 Å². The zero-order chi connectivity index (χ0) is 14.4. The summed E-state index contributed by atoms with van der Waals surface area (Å²) in [5, 5.41) is 3.19. The summed E-state index contributed by atoms with van der Waals surface area (Å²) in [6.07, 6.45) is 3.39. The van der Waals surface area contributed by atoms with Crippen molar-refractivity contribution in [3.8, 4) is 0 Å². The van der Waals surface area contributed by atoms with Crippen molar-refractivity contribution in [1.29, 1.82) is 0 Å². The largest absolute Gasteiger partial charge is 0.465 e. The minimum Gasteiger partial charge on any atom is -0.465 e. The second-order valence-corrected chi connectivity index (χ2v) is 5.38. The highest BCUT2D eigenvalue weighted by molar-refractivity contribution is 5.81. The maximum atomic E-state index is 12.3. The Morgan fingerprint density at radius 2 is 1.95 bits per heavy atom. The normalized spacial score (nSPS) is 24.4. The van der Waals surface area contributed by atoms with E-state index in [0.717, 1.165) is 32.5 Å². The monoisotopic (exact) mass is 283 g/mol. The number of likely N-dealkylation sites (tertiary alicyclic amines) is 1. The summed E-state index contributed by atoms with van der Waals surface area (Å²) in [5.41, 5.74) is 0. The lowest BCUT2D eigenvalue weighted by atomic mass is 10.1. The van der Waals surface area contributed by atoms with Crippen LogP contribution < -0.4 is 5.32 Å². The fraction of sp³-hybridized carbons (Fsp3) is 0.857. The van der Waals surface area contributed by atoms with Gasteiger partial charge in [-0.2, -0.15) is 0 Å². The molecule has 20 heavy (non-hydrogen) atoms. The van der Waals surface area contributed by atoms with Gasteiger partial charge in [0.1, 0.15) is 6.04 Å². The summed E-state index contributed by atoms with van der Waals surface area (Å²) in [5.74, 6) is -0.0907. The molecule has 0 spiro atoms. The van der Waals surface area contributed by atoms with E-state index in [0.29, 0.717) is 26.2 Å². The van der Waals surface area contributed by atoms with Gasteiger partial charge in [-0.1, -0.05) is 0 Å². The average Bonchev–Trinajstić information content (AvgIpc) is 2.49. The molecule has 0 radical (unpaired) electrons. The van der Waals surface area contributed by atoms with Gasteiger partial charge in [0.05, 0.1) is 13.2 Å². The summed E-state index contributed by atoms with van der Waals surface area (Å²) in [7, 11) is 0. The average molecular weight is 283 g/mol. The van der Waals surface area contributed by atoms with Crippen LogP contribution in [0.5, 0.6) is 0 Å². The van der Waals surface area contributed by atoms with Crippen LogP contribution in [0.3, 0.4) is 0 Å². The van der Waals surface area contributed by atoms with Gasteiger partial charge < -0.3 is 15.0 Å². The molecule has 0 bridgehead atoms. The third kappa shape index (κ3) is 3.93. The van der Waals surface area contributed by atoms with Gasteiger partial charge in [-0.25, -0.2) is 0 Å². The number of carbonyl (C=O) groups excluding carboxylic acids is 2. The maximum absolute atomic E-state index is 12.3. The van der Waals surface area contributed by atoms with Crippen molar-refractivity contribution in [3.05, 3.63) is 0 Å². The van der Waals surface area contributed by atoms with Gasteiger partial charge in [0, 0.05) is 32.7 Å². The third-order valence-corrected chi connectivity index (χ3v) is 3.96. The van der Waals surface area contributed by atoms with Crippen molar-refractivity contribution in [2.45, 2.75) is 32.2 Å². The Morgan fingerprint density at radius 3 is 2.65 bits per heavy atom. The van der Waals surface area contributed by atoms with Crippen LogP contribution in [0.1, 0.15) is 26.2 Å². The molecule has 0 aromatic carbocycles. The van der Waals surface area contributed by atoms with Gasteiger partial charge in [0.25, 0.3) is 0 Å². The predicted molar refractivity (Wildman–Crippen MR) is 75.3 cm³/mol. The van der Waals surface area contributed by atoms with E-state index in [9.17, 15) is 9.59 Å². The molecule has 0 aromatic rings. The molecular weight excluding hydrogens is 258 g/mol. The highest BCUT2D eigenvalue weighted by Crippen LogP contribution is 2.11. The number of esters is 1. The minimum atomic E-state index is -0.336. The molecule has 2 heterocycles. The molecule has 0 aliphatic carbocycles. The van der Waals surface area contributed by atoms with Gasteiger partial charge in [-0.15, -0.1) is 0 Å². The number of rotatable bonds is 4. The Bertz CT molecular complexity index is 343. The second kappa shape index (κ2) is 7.59. The summed E-state index contributed by atoms with van der Waals surface area (Å²) in [6.45, 7) is 6.30. The molecular formula is C14H25N3O3. The Labute approximate surface area is 120 Å². The van der Waals surface area contributed by atoms with Crippen molar-refractivity contribution in [1.82, 2.24) is 15.1 Å². The Morgan fingerprint density at radius 1 is 1.20 bits per heavy atom. The number of nitrogens with one attached hydrogen (secondary N) is 1. The van der Waals surface area contributed by atoms with Crippen molar-refractivity contribution >= 4 is 11.9 Å². The van der Waals surface area contributed by atoms with Crippen LogP contribution in [-0.2, 0) is 14.3 Å². The number of piperazine rings is 1. The fourth-order valence-corrected chi connectivity index (χ4v) is 2.82. The lowest BCUT2D eigenvalue weighted by Crippen LogP contribution is -2.58. The molecule has 6 heteroatoms. The number of nitrogens with zero attached hydrogens (tertiary/aromatic N) is 2. The smallest absolute Gasteiger partial charge is 0.324 e. The quantitative estimate of drug-likeness (QED) is 0.726. The molecule has 1 amide bonds. The number of piperidine rings is 1. The molecule has 2 saturated heterocycles. The Kier molecular flexibility index (Phi) is 5.79. The van der Waals surface area contributed by atoms with E-state index in [1.54, 1.807) is 6.92 Å². The van der Waals surface area contributed by atoms with E-state index in [1.807, 2.05) is 9.80 Å². The minimum absolute atomic E-state index is 0.140. The molecule has 1 N–H and O–H groups in total. The van der Waals surface area contributed by atoms with Gasteiger partial charge >= 0.3 is 5.97 Å². The molecule has 1 atom stereocenters. The lowest BCUT2D eigenvalue weighted by molar-refractivity contribution is -0.151. The van der Waals surface area contributed by atoms with Gasteiger partial charge in [0.2, 0.25) is 5.91 Å². The lowest BCUT2D eigenvalue weighted by Gasteiger charge is -2.36. The first-order valence-corrected chi connectivity index (χ1v) is 7.61. The molecule has 2 rings (SSSR count). The zero-order valence-corrected chi connectivity index (χ0v) is 12.3. The Balaban J connectivity index is 1.90. The first-order valence-electron chi connectivity index (χ1n) is 7.61. The number of amides is 1. The molecule has 1 unspecified atom stereocenters. The number of carbonyl (C=O) groups is 2. The van der Waals surface area contributed by atoms with Gasteiger partial charge in [-0.3, -0.25) is 14.5 Å². The van der Waals surface area contributed by atoms with Crippen LogP contribution in [-0.4, -0.2) is 73.6 Å². The number of ether oxygens (including phenoxy) is 1. The van der Waals surface area contributed by atoms with Crippen LogP contribution in [0.2, 0.25) is 0 Å². The van der Waals surface area contributed by atoms with Crippen molar-refractivity contribution < 1.29 is 14.3 Å². The van der Waals surface area contributed by atoms with Crippen molar-refractivity contribution in [3.63, 3.8) is 0 Å². The number of hydrogen-bond donors (Lipinski definition) is 1. The first-order chi connectivity index (χ1) is 9.72. The van der Waals surface area contributed by atoms with Crippen LogP contribution in [0.4, 0.5) is 0 Å². The standard InChI is InChI=1S/C14H25N3O3/c1-2-20-14(19)12-10-15-6-9-17(12)11-13(18)16-7-4-3-5-8-16/h12,15H,2-11H2,1H3. The molecule has 2 fully saturated rings. The van der Waals surface area contributed by atoms with E-state index in [-0.39, 0.29) is 17.9 Å². The van der Waals surface area contributed by atoms with E-state index >= 15 is 0 Å². The van der Waals surface area contributed by atoms with Gasteiger partial charge in [0.15, 0.2) is 0 Å². The summed E-state index contributed by atoms with van der Waals surface area (Å²) < 4.78 is 5.09. The van der Waals surface area contributed by atoms with Crippen molar-refractivity contribution in [2.24, 2.45) is 0 Å². The van der Waals surface area contributed by atoms with E-state index in [2.05, 4.69) is 5.32 Å². The highest BCUT2D eigenvalue weighted by atomic mass is 16.5. The molecule has 0 saturated carbocycles. The zero-order valence-electron chi connectivity index (χ0n) is 12.3. The maximum Gasteiger partial charge on any atom is 0.324 e. The summed E-state index contributed by atoms with van der Waals surface area (Å²) >= 11 is 0. The first kappa shape index (κ1) is 15.3. The van der Waals surface area contributed by atoms with E-state index in [4.69, 9.17) is 4.74 Å². The predicted octanol–water partition coefficient (Wildman–Crippen LogP) is -0.164. The molecule has 2 aliphatic heterocycles. The van der Waals surface area contributed by atoms with Crippen LogP contribution in [0, 0.1) is 0 Å². The molecule has 114 valence electrons. The molecule has 0 aromatic heterocycles. The number of hydrogen-bond acceptors (Lipinski definition) is 5.